The van der Waals surface area contributed by atoms with Crippen LogP contribution in [0.2, 0.25) is 0 Å². The van der Waals surface area contributed by atoms with Crippen LogP contribution in [0.5, 0.6) is 0 Å². The molecule has 1 fully saturated rings. The van der Waals surface area contributed by atoms with Gasteiger partial charge in [-0.05, 0) is 25.3 Å². The summed E-state index contributed by atoms with van der Waals surface area (Å²) in [5.74, 6) is 0. The van der Waals surface area contributed by atoms with Crippen molar-refractivity contribution in [1.82, 2.24) is 0 Å². The van der Waals surface area contributed by atoms with Crippen molar-refractivity contribution in [2.24, 2.45) is 0 Å². The van der Waals surface area contributed by atoms with Crippen LogP contribution in [0.15, 0.2) is 30.3 Å². The van der Waals surface area contributed by atoms with Crippen LogP contribution < -0.4 is 0 Å². The molecular weight excluding hydrogens is 247 g/mol. The van der Waals surface area contributed by atoms with Crippen LogP contribution in [-0.2, 0) is 9.09 Å². The van der Waals surface area contributed by atoms with E-state index in [0.717, 1.165) is 31.2 Å². The van der Waals surface area contributed by atoms with E-state index >= 15 is 0 Å². The van der Waals surface area contributed by atoms with Crippen molar-refractivity contribution in [2.45, 2.75) is 50.8 Å². The molecule has 0 radical (unpaired) electrons. The monoisotopic (exact) mass is 268 g/mol. The number of hydrogen-bond acceptors (Lipinski definition) is 2. The topological polar surface area (TPSA) is 46.5 Å². The molecule has 1 aromatic carbocycles. The fourth-order valence-corrected chi connectivity index (χ4v) is 4.27. The average Bonchev–Trinajstić information content (AvgIpc) is 2.40. The molecule has 1 saturated carbocycles. The third-order valence-corrected chi connectivity index (χ3v) is 5.67. The second kappa shape index (κ2) is 6.01. The normalized spacial score (nSPS) is 22.3. The lowest BCUT2D eigenvalue weighted by atomic mass is 10.0. The number of rotatable bonds is 4. The van der Waals surface area contributed by atoms with Gasteiger partial charge >= 0.3 is 7.60 Å². The first kappa shape index (κ1) is 13.8. The fraction of sp³-hybridized carbons (Fsp3) is 0.571. The van der Waals surface area contributed by atoms with E-state index in [1.165, 1.54) is 6.42 Å². The molecule has 1 aliphatic carbocycles. The molecule has 0 aromatic heterocycles. The van der Waals surface area contributed by atoms with Gasteiger partial charge in [0.15, 0.2) is 0 Å². The fourth-order valence-electron chi connectivity index (χ4n) is 2.50. The summed E-state index contributed by atoms with van der Waals surface area (Å²) in [6.07, 6.45) is 4.55. The van der Waals surface area contributed by atoms with Gasteiger partial charge in [-0.3, -0.25) is 4.57 Å². The lowest BCUT2D eigenvalue weighted by Crippen LogP contribution is -2.15. The molecule has 0 aliphatic heterocycles. The highest BCUT2D eigenvalue weighted by Gasteiger charge is 2.35. The van der Waals surface area contributed by atoms with Crippen LogP contribution in [0.3, 0.4) is 0 Å². The minimum atomic E-state index is -3.49. The first-order valence-corrected chi connectivity index (χ1v) is 8.30. The Bertz CT molecular complexity index is 412. The van der Waals surface area contributed by atoms with Gasteiger partial charge in [-0.15, -0.1) is 0 Å². The van der Waals surface area contributed by atoms with Crippen LogP contribution in [0, 0.1) is 0 Å². The van der Waals surface area contributed by atoms with Crippen molar-refractivity contribution < 1.29 is 14.0 Å². The van der Waals surface area contributed by atoms with E-state index in [1.54, 1.807) is 0 Å². The lowest BCUT2D eigenvalue weighted by molar-refractivity contribution is 0.181. The predicted octanol–water partition coefficient (Wildman–Crippen LogP) is 4.28. The van der Waals surface area contributed by atoms with Crippen LogP contribution in [0.1, 0.15) is 50.7 Å². The third-order valence-electron chi connectivity index (χ3n) is 3.61. The molecular formula is C14H21O3P. The lowest BCUT2D eigenvalue weighted by Gasteiger charge is -2.28. The molecule has 1 aliphatic rings. The molecule has 2 rings (SSSR count). The Morgan fingerprint density at radius 1 is 1.22 bits per heavy atom. The summed E-state index contributed by atoms with van der Waals surface area (Å²) < 4.78 is 17.8. The Morgan fingerprint density at radius 2 is 1.83 bits per heavy atom. The largest absolute Gasteiger partial charge is 0.331 e. The van der Waals surface area contributed by atoms with Crippen molar-refractivity contribution in [3.05, 3.63) is 35.9 Å². The molecule has 1 N–H and O–H groups in total. The Labute approximate surface area is 109 Å². The van der Waals surface area contributed by atoms with Gasteiger partial charge in [-0.25, -0.2) is 0 Å². The Morgan fingerprint density at radius 3 is 2.44 bits per heavy atom. The zero-order chi connectivity index (χ0) is 13.0. The molecule has 0 bridgehead atoms. The van der Waals surface area contributed by atoms with Crippen molar-refractivity contribution in [1.29, 1.82) is 0 Å². The smallest absolute Gasteiger partial charge is 0.324 e. The molecule has 2 unspecified atom stereocenters. The molecule has 1 aromatic rings. The van der Waals surface area contributed by atoms with Crippen molar-refractivity contribution in [2.75, 3.05) is 0 Å². The molecule has 18 heavy (non-hydrogen) atoms. The number of benzene rings is 1. The maximum atomic E-state index is 12.3. The summed E-state index contributed by atoms with van der Waals surface area (Å²) in [6, 6.07) is 9.60. The zero-order valence-corrected chi connectivity index (χ0v) is 11.7. The quantitative estimate of drug-likeness (QED) is 0.829. The molecule has 0 saturated heterocycles. The minimum Gasteiger partial charge on any atom is -0.324 e. The van der Waals surface area contributed by atoms with Gasteiger partial charge in [0.1, 0.15) is 0 Å². The van der Waals surface area contributed by atoms with Gasteiger partial charge in [-0.1, -0.05) is 49.6 Å². The number of hydrogen-bond donors (Lipinski definition) is 1. The zero-order valence-electron chi connectivity index (χ0n) is 10.8. The first-order valence-electron chi connectivity index (χ1n) is 6.65. The maximum absolute atomic E-state index is 12.3. The van der Waals surface area contributed by atoms with Crippen LogP contribution in [-0.4, -0.2) is 10.6 Å². The summed E-state index contributed by atoms with van der Waals surface area (Å²) in [4.78, 5) is 10.1. The highest BCUT2D eigenvalue weighted by molar-refractivity contribution is 7.53. The molecule has 100 valence electrons. The van der Waals surface area contributed by atoms with E-state index in [0.29, 0.717) is 0 Å². The molecule has 0 amide bonds. The van der Waals surface area contributed by atoms with Gasteiger partial charge in [0, 0.05) is 0 Å². The highest BCUT2D eigenvalue weighted by Crippen LogP contribution is 2.55. The van der Waals surface area contributed by atoms with Crippen molar-refractivity contribution >= 4 is 7.60 Å². The summed E-state index contributed by atoms with van der Waals surface area (Å²) in [6.45, 7) is 1.83. The first-order chi connectivity index (χ1) is 8.59. The van der Waals surface area contributed by atoms with Gasteiger partial charge < -0.3 is 9.42 Å². The van der Waals surface area contributed by atoms with Gasteiger partial charge in [0.2, 0.25) is 0 Å². The second-order valence-electron chi connectivity index (χ2n) is 5.01. The highest BCUT2D eigenvalue weighted by atomic mass is 31.2. The van der Waals surface area contributed by atoms with E-state index in [-0.39, 0.29) is 11.8 Å². The van der Waals surface area contributed by atoms with E-state index in [2.05, 4.69) is 0 Å². The van der Waals surface area contributed by atoms with E-state index in [1.807, 2.05) is 37.3 Å². The van der Waals surface area contributed by atoms with E-state index in [4.69, 9.17) is 4.52 Å². The van der Waals surface area contributed by atoms with Crippen LogP contribution >= 0.6 is 7.60 Å². The minimum absolute atomic E-state index is 0.169. The Hall–Kier alpha value is -0.630. The van der Waals surface area contributed by atoms with Crippen molar-refractivity contribution in [3.63, 3.8) is 0 Å². The molecule has 0 spiro atoms. The summed E-state index contributed by atoms with van der Waals surface area (Å²) >= 11 is 0. The Balaban J connectivity index is 2.01. The molecule has 2 atom stereocenters. The van der Waals surface area contributed by atoms with Gasteiger partial charge in [0.05, 0.1) is 11.8 Å². The van der Waals surface area contributed by atoms with Crippen LogP contribution in [0.4, 0.5) is 0 Å². The molecule has 0 heterocycles. The van der Waals surface area contributed by atoms with Crippen molar-refractivity contribution in [3.8, 4) is 0 Å². The van der Waals surface area contributed by atoms with E-state index < -0.39 is 7.60 Å². The van der Waals surface area contributed by atoms with E-state index in [9.17, 15) is 9.46 Å². The SMILES string of the molecule is CC(OP(=O)(O)C1CCCCC1)c1ccccc1. The van der Waals surface area contributed by atoms with Gasteiger partial charge in [0.25, 0.3) is 0 Å². The molecule has 3 nitrogen and oxygen atoms in total. The van der Waals surface area contributed by atoms with Crippen LogP contribution in [0.25, 0.3) is 0 Å². The Kier molecular flexibility index (Phi) is 4.60. The second-order valence-corrected chi connectivity index (χ2v) is 7.08. The standard InChI is InChI=1S/C14H21O3P/c1-12(13-8-4-2-5-9-13)17-18(15,16)14-10-6-3-7-11-14/h2,4-5,8-9,12,14H,3,6-7,10-11H2,1H3,(H,15,16). The molecule has 4 heteroatoms. The maximum Gasteiger partial charge on any atom is 0.331 e. The van der Waals surface area contributed by atoms with Gasteiger partial charge in [-0.2, -0.15) is 0 Å². The average molecular weight is 268 g/mol. The summed E-state index contributed by atoms with van der Waals surface area (Å²) in [7, 11) is -3.49. The summed E-state index contributed by atoms with van der Waals surface area (Å²) in [5.41, 5.74) is 0.778. The predicted molar refractivity (Wildman–Crippen MR) is 72.6 cm³/mol. The third kappa shape index (κ3) is 3.44. The summed E-state index contributed by atoms with van der Waals surface area (Å²) in [5, 5.41) is 0.